The van der Waals surface area contributed by atoms with Crippen LogP contribution >= 0.6 is 0 Å². The molecule has 0 spiro atoms. The molecule has 0 saturated heterocycles. The summed E-state index contributed by atoms with van der Waals surface area (Å²) < 4.78 is 0. The highest BCUT2D eigenvalue weighted by Crippen LogP contribution is 2.23. The minimum Gasteiger partial charge on any atom is -0.510 e. The van der Waals surface area contributed by atoms with E-state index in [0.29, 0.717) is 30.1 Å². The van der Waals surface area contributed by atoms with Gasteiger partial charge in [0.15, 0.2) is 11.5 Å². The molecule has 1 amide bonds. The fourth-order valence-corrected chi connectivity index (χ4v) is 3.47. The number of nitrogens with one attached hydrogen (secondary N) is 1. The van der Waals surface area contributed by atoms with E-state index in [9.17, 15) is 14.7 Å². The second kappa shape index (κ2) is 16.2. The molecular formula is C26H41N3O3. The van der Waals surface area contributed by atoms with Gasteiger partial charge in [0.25, 0.3) is 5.91 Å². The number of hydrogen-bond donors (Lipinski definition) is 2. The number of amides is 1. The summed E-state index contributed by atoms with van der Waals surface area (Å²) in [5.41, 5.74) is 0.775. The Balaban J connectivity index is 2.82. The number of allylic oxidation sites excluding steroid dienone is 1. The Morgan fingerprint density at radius 2 is 1.69 bits per heavy atom. The van der Waals surface area contributed by atoms with Crippen LogP contribution in [0, 0.1) is 5.92 Å². The van der Waals surface area contributed by atoms with E-state index in [-0.39, 0.29) is 17.2 Å². The third-order valence-electron chi connectivity index (χ3n) is 5.62. The smallest absolute Gasteiger partial charge is 0.275 e. The number of aliphatic hydroxyl groups excluding tert-OH is 1. The predicted octanol–water partition coefficient (Wildman–Crippen LogP) is 7.44. The maximum absolute atomic E-state index is 12.7. The van der Waals surface area contributed by atoms with Crippen molar-refractivity contribution < 1.29 is 14.7 Å². The van der Waals surface area contributed by atoms with Crippen LogP contribution in [-0.2, 0) is 4.79 Å². The number of carbonyl (C=O) groups is 2. The van der Waals surface area contributed by atoms with Gasteiger partial charge >= 0.3 is 0 Å². The Hall–Kier alpha value is -2.50. The van der Waals surface area contributed by atoms with Crippen molar-refractivity contribution >= 4 is 17.4 Å². The number of hydrogen-bond acceptors (Lipinski definition) is 5. The molecule has 1 aromatic rings. The van der Waals surface area contributed by atoms with Crippen LogP contribution in [0.5, 0.6) is 0 Å². The summed E-state index contributed by atoms with van der Waals surface area (Å²) in [6, 6.07) is 7.01. The molecule has 1 rings (SSSR count). The highest BCUT2D eigenvalue weighted by molar-refractivity contribution is 6.00. The minimum absolute atomic E-state index is 0.0217. The average molecular weight is 444 g/mol. The van der Waals surface area contributed by atoms with Crippen molar-refractivity contribution in [1.82, 2.24) is 5.32 Å². The minimum atomic E-state index is -0.455. The number of benzene rings is 1. The average Bonchev–Trinajstić information content (AvgIpc) is 2.79. The Morgan fingerprint density at radius 1 is 1.00 bits per heavy atom. The predicted molar refractivity (Wildman–Crippen MR) is 130 cm³/mol. The summed E-state index contributed by atoms with van der Waals surface area (Å²) in [6.07, 6.45) is 10.1. The number of aliphatic hydroxyl groups is 1. The van der Waals surface area contributed by atoms with Crippen molar-refractivity contribution in [2.24, 2.45) is 16.1 Å². The first-order valence-electron chi connectivity index (χ1n) is 12.2. The van der Waals surface area contributed by atoms with Crippen molar-refractivity contribution in [1.29, 1.82) is 0 Å². The van der Waals surface area contributed by atoms with Crippen molar-refractivity contribution in [3.8, 4) is 0 Å². The molecule has 0 aliphatic rings. The fraction of sp³-hybridized carbons (Fsp3) is 0.615. The van der Waals surface area contributed by atoms with Gasteiger partial charge in [0.1, 0.15) is 5.76 Å². The number of unbranched alkanes of at least 4 members (excludes halogenated alkanes) is 5. The zero-order chi connectivity index (χ0) is 23.8. The lowest BCUT2D eigenvalue weighted by molar-refractivity contribution is -0.118. The highest BCUT2D eigenvalue weighted by Gasteiger charge is 2.16. The summed E-state index contributed by atoms with van der Waals surface area (Å²) >= 11 is 0. The molecule has 0 radical (unpaired) electrons. The molecule has 1 atom stereocenters. The van der Waals surface area contributed by atoms with E-state index >= 15 is 0 Å². The Bertz CT molecular complexity index is 767. The van der Waals surface area contributed by atoms with Gasteiger partial charge in [-0.25, -0.2) is 0 Å². The second-order valence-electron chi connectivity index (χ2n) is 8.37. The van der Waals surface area contributed by atoms with Crippen LogP contribution < -0.4 is 5.32 Å². The van der Waals surface area contributed by atoms with Crippen LogP contribution in [0.3, 0.4) is 0 Å². The molecule has 6 heteroatoms. The summed E-state index contributed by atoms with van der Waals surface area (Å²) in [5.74, 6) is -0.240. The van der Waals surface area contributed by atoms with Crippen LogP contribution in [0.1, 0.15) is 102 Å². The molecule has 0 bridgehead atoms. The largest absolute Gasteiger partial charge is 0.510 e. The quantitative estimate of drug-likeness (QED) is 0.0914. The molecule has 1 aromatic carbocycles. The fourth-order valence-electron chi connectivity index (χ4n) is 3.47. The zero-order valence-electron chi connectivity index (χ0n) is 20.3. The lowest BCUT2D eigenvalue weighted by Gasteiger charge is -2.15. The van der Waals surface area contributed by atoms with Crippen LogP contribution in [0.2, 0.25) is 0 Å². The van der Waals surface area contributed by atoms with Crippen molar-refractivity contribution in [2.45, 2.75) is 91.9 Å². The van der Waals surface area contributed by atoms with Gasteiger partial charge in [-0.1, -0.05) is 77.8 Å². The van der Waals surface area contributed by atoms with E-state index in [2.05, 4.69) is 36.3 Å². The van der Waals surface area contributed by atoms with Crippen LogP contribution in [0.25, 0.3) is 0 Å². The van der Waals surface area contributed by atoms with Gasteiger partial charge in [-0.2, -0.15) is 0 Å². The molecular weight excluding hydrogens is 402 g/mol. The molecule has 0 heterocycles. The molecule has 32 heavy (non-hydrogen) atoms. The first-order chi connectivity index (χ1) is 15.4. The van der Waals surface area contributed by atoms with Crippen LogP contribution in [0.4, 0.5) is 5.69 Å². The number of carbonyl (C=O) groups excluding carboxylic acids is 2. The topological polar surface area (TPSA) is 91.1 Å². The summed E-state index contributed by atoms with van der Waals surface area (Å²) in [6.45, 7) is 8.37. The second-order valence-corrected chi connectivity index (χ2v) is 8.37. The molecule has 0 aromatic heterocycles. The van der Waals surface area contributed by atoms with Gasteiger partial charge in [0, 0.05) is 18.5 Å². The van der Waals surface area contributed by atoms with Crippen molar-refractivity contribution in [3.63, 3.8) is 0 Å². The molecule has 0 saturated carbocycles. The third-order valence-corrected chi connectivity index (χ3v) is 5.62. The normalized spacial score (nSPS) is 13.1. The molecule has 178 valence electrons. The van der Waals surface area contributed by atoms with Gasteiger partial charge in [-0.3, -0.25) is 9.59 Å². The van der Waals surface area contributed by atoms with E-state index in [1.165, 1.54) is 19.8 Å². The van der Waals surface area contributed by atoms with Gasteiger partial charge < -0.3 is 10.4 Å². The lowest BCUT2D eigenvalue weighted by atomic mass is 9.99. The lowest BCUT2D eigenvalue weighted by Crippen LogP contribution is -2.30. The van der Waals surface area contributed by atoms with Gasteiger partial charge in [0.05, 0.1) is 5.69 Å². The molecule has 0 aliphatic carbocycles. The van der Waals surface area contributed by atoms with E-state index in [0.717, 1.165) is 44.9 Å². The number of ketones is 1. The summed E-state index contributed by atoms with van der Waals surface area (Å²) in [4.78, 5) is 25.3. The molecule has 2 N–H and O–H groups in total. The van der Waals surface area contributed by atoms with E-state index in [4.69, 9.17) is 0 Å². The Labute approximate surface area is 193 Å². The summed E-state index contributed by atoms with van der Waals surface area (Å²) in [7, 11) is 0. The first kappa shape index (κ1) is 27.5. The molecule has 0 fully saturated rings. The maximum atomic E-state index is 12.7. The third kappa shape index (κ3) is 10.2. The van der Waals surface area contributed by atoms with Gasteiger partial charge in [0.2, 0.25) is 0 Å². The highest BCUT2D eigenvalue weighted by atomic mass is 16.3. The van der Waals surface area contributed by atoms with E-state index in [1.54, 1.807) is 24.3 Å². The number of Topliss-reactive ketones (excluding diaryl/α,β-unsaturated/α-hetero) is 1. The standard InChI is InChI=1S/C26H41N3O3/c1-5-8-10-11-12-18-24(31)22-16-13-14-17-23(22)28-29-25(20(4)30)26(32)27-19-21(7-3)15-9-6-2/h13-14,16-17,21,30H,5-12,15,18-19H2,1-4H3,(H,27,32). The number of rotatable bonds is 16. The molecule has 6 nitrogen and oxygen atoms in total. The van der Waals surface area contributed by atoms with Gasteiger partial charge in [-0.15, -0.1) is 10.2 Å². The Kier molecular flexibility index (Phi) is 13.9. The zero-order valence-corrected chi connectivity index (χ0v) is 20.3. The monoisotopic (exact) mass is 443 g/mol. The van der Waals surface area contributed by atoms with Crippen molar-refractivity contribution in [3.05, 3.63) is 41.3 Å². The van der Waals surface area contributed by atoms with Crippen LogP contribution in [-0.4, -0.2) is 23.3 Å². The van der Waals surface area contributed by atoms with Crippen LogP contribution in [0.15, 0.2) is 46.0 Å². The maximum Gasteiger partial charge on any atom is 0.275 e. The first-order valence-corrected chi connectivity index (χ1v) is 12.2. The van der Waals surface area contributed by atoms with Crippen molar-refractivity contribution in [2.75, 3.05) is 6.54 Å². The van der Waals surface area contributed by atoms with Gasteiger partial charge in [-0.05, 0) is 37.8 Å². The summed E-state index contributed by atoms with van der Waals surface area (Å²) in [5, 5.41) is 21.0. The van der Waals surface area contributed by atoms with E-state index in [1.807, 2.05) is 0 Å². The Morgan fingerprint density at radius 3 is 2.34 bits per heavy atom. The number of nitrogens with zero attached hydrogens (tertiary/aromatic N) is 2. The van der Waals surface area contributed by atoms with E-state index < -0.39 is 5.91 Å². The SMILES string of the molecule is CCCCCCCC(=O)c1ccccc1N=NC(C(=O)NCC(CC)CCCC)=C(C)O. The number of azo groups is 1. The molecule has 1 unspecified atom stereocenters. The molecule has 0 aliphatic heterocycles.